The van der Waals surface area contributed by atoms with Crippen molar-refractivity contribution in [1.82, 2.24) is 4.90 Å². The van der Waals surface area contributed by atoms with Gasteiger partial charge < -0.3 is 4.90 Å². The molecule has 0 aliphatic rings. The van der Waals surface area contributed by atoms with E-state index < -0.39 is 0 Å². The van der Waals surface area contributed by atoms with Gasteiger partial charge in [-0.3, -0.25) is 0 Å². The second kappa shape index (κ2) is 8.02. The highest BCUT2D eigenvalue weighted by Gasteiger charge is 2.01. The van der Waals surface area contributed by atoms with Crippen LogP contribution in [0.15, 0.2) is 0 Å². The van der Waals surface area contributed by atoms with Crippen molar-refractivity contribution in [2.45, 2.75) is 25.6 Å². The molecule has 64 valence electrons. The summed E-state index contributed by atoms with van der Waals surface area (Å²) in [5, 5.41) is 0. The molecule has 0 aromatic carbocycles. The predicted molar refractivity (Wildman–Crippen MR) is 56.5 cm³/mol. The Morgan fingerprint density at radius 2 is 1.70 bits per heavy atom. The molecule has 1 unspecified atom stereocenters. The molecular formula is C7H17Br2N. The van der Waals surface area contributed by atoms with Crippen molar-refractivity contribution in [2.75, 3.05) is 19.6 Å². The molecule has 1 atom stereocenters. The van der Waals surface area contributed by atoms with Gasteiger partial charge in [-0.15, -0.1) is 17.0 Å². The summed E-state index contributed by atoms with van der Waals surface area (Å²) < 4.78 is 0. The van der Waals surface area contributed by atoms with E-state index in [-0.39, 0.29) is 17.0 Å². The Labute approximate surface area is 83.1 Å². The lowest BCUT2D eigenvalue weighted by Gasteiger charge is -2.18. The van der Waals surface area contributed by atoms with Crippen LogP contribution in [0.1, 0.15) is 20.8 Å². The van der Waals surface area contributed by atoms with Crippen LogP contribution in [0.3, 0.4) is 0 Å². The van der Waals surface area contributed by atoms with E-state index >= 15 is 0 Å². The maximum atomic E-state index is 3.51. The van der Waals surface area contributed by atoms with Gasteiger partial charge in [0, 0.05) is 11.4 Å². The van der Waals surface area contributed by atoms with Gasteiger partial charge in [-0.2, -0.15) is 0 Å². The van der Waals surface area contributed by atoms with E-state index in [1.54, 1.807) is 0 Å². The van der Waals surface area contributed by atoms with Crippen LogP contribution in [0.25, 0.3) is 0 Å². The van der Waals surface area contributed by atoms with Gasteiger partial charge in [0.25, 0.3) is 0 Å². The van der Waals surface area contributed by atoms with Gasteiger partial charge in [-0.25, -0.2) is 0 Å². The molecular weight excluding hydrogens is 258 g/mol. The number of hydrogen-bond donors (Lipinski definition) is 0. The molecule has 0 N–H and O–H groups in total. The second-order valence-electron chi connectivity index (χ2n) is 2.27. The molecule has 0 heterocycles. The standard InChI is InChI=1S/C7H16BrN.BrH/c1-4-9(5-2)6-7(3)8;/h7H,4-6H2,1-3H3;1H. The van der Waals surface area contributed by atoms with E-state index in [0.29, 0.717) is 4.83 Å². The van der Waals surface area contributed by atoms with Crippen molar-refractivity contribution in [1.29, 1.82) is 0 Å². The van der Waals surface area contributed by atoms with Crippen LogP contribution >= 0.6 is 32.9 Å². The van der Waals surface area contributed by atoms with Crippen molar-refractivity contribution >= 4 is 32.9 Å². The summed E-state index contributed by atoms with van der Waals surface area (Å²) in [7, 11) is 0. The van der Waals surface area contributed by atoms with Crippen LogP contribution < -0.4 is 0 Å². The molecule has 1 nitrogen and oxygen atoms in total. The third-order valence-electron chi connectivity index (χ3n) is 1.40. The fraction of sp³-hybridized carbons (Fsp3) is 1.00. The Kier molecular flexibility index (Phi) is 10.8. The zero-order valence-electron chi connectivity index (χ0n) is 6.93. The average molecular weight is 275 g/mol. The first kappa shape index (κ1) is 13.5. The van der Waals surface area contributed by atoms with Gasteiger partial charge in [0.15, 0.2) is 0 Å². The number of alkyl halides is 1. The lowest BCUT2D eigenvalue weighted by atomic mass is 10.4. The summed E-state index contributed by atoms with van der Waals surface area (Å²) in [6, 6.07) is 0. The SMILES string of the molecule is Br.CCN(CC)CC(C)Br. The molecule has 0 amide bonds. The van der Waals surface area contributed by atoms with Crippen molar-refractivity contribution in [3.63, 3.8) is 0 Å². The maximum absolute atomic E-state index is 3.51. The summed E-state index contributed by atoms with van der Waals surface area (Å²) in [4.78, 5) is 3.02. The number of nitrogens with zero attached hydrogens (tertiary/aromatic N) is 1. The molecule has 0 spiro atoms. The molecule has 0 aromatic rings. The van der Waals surface area contributed by atoms with E-state index in [1.807, 2.05) is 0 Å². The molecule has 0 rings (SSSR count). The van der Waals surface area contributed by atoms with Crippen LogP contribution in [0.4, 0.5) is 0 Å². The Hall–Kier alpha value is 0.920. The normalized spacial score (nSPS) is 12.9. The number of halogens is 2. The third-order valence-corrected chi connectivity index (χ3v) is 1.69. The Morgan fingerprint density at radius 3 is 1.80 bits per heavy atom. The van der Waals surface area contributed by atoms with Crippen molar-refractivity contribution in [3.8, 4) is 0 Å². The molecule has 0 saturated carbocycles. The lowest BCUT2D eigenvalue weighted by Crippen LogP contribution is -2.28. The Bertz CT molecular complexity index is 62.6. The summed E-state index contributed by atoms with van der Waals surface area (Å²) >= 11 is 3.51. The first-order valence-electron chi connectivity index (χ1n) is 3.57. The molecule has 0 bridgehead atoms. The van der Waals surface area contributed by atoms with E-state index in [0.717, 1.165) is 19.6 Å². The van der Waals surface area contributed by atoms with Crippen LogP contribution in [-0.2, 0) is 0 Å². The molecule has 3 heteroatoms. The van der Waals surface area contributed by atoms with Crippen molar-refractivity contribution in [3.05, 3.63) is 0 Å². The van der Waals surface area contributed by atoms with Gasteiger partial charge in [0.05, 0.1) is 0 Å². The fourth-order valence-corrected chi connectivity index (χ4v) is 1.25. The Balaban J connectivity index is 0. The molecule has 10 heavy (non-hydrogen) atoms. The van der Waals surface area contributed by atoms with Gasteiger partial charge in [-0.05, 0) is 13.1 Å². The lowest BCUT2D eigenvalue weighted by molar-refractivity contribution is 0.309. The van der Waals surface area contributed by atoms with Gasteiger partial charge >= 0.3 is 0 Å². The van der Waals surface area contributed by atoms with Crippen molar-refractivity contribution < 1.29 is 0 Å². The molecule has 0 aliphatic carbocycles. The predicted octanol–water partition coefficient (Wildman–Crippen LogP) is 2.69. The topological polar surface area (TPSA) is 3.24 Å². The highest BCUT2D eigenvalue weighted by molar-refractivity contribution is 9.09. The van der Waals surface area contributed by atoms with E-state index in [2.05, 4.69) is 41.6 Å². The molecule has 0 fully saturated rings. The fourth-order valence-electron chi connectivity index (χ4n) is 0.838. The van der Waals surface area contributed by atoms with Gasteiger partial charge in [0.2, 0.25) is 0 Å². The minimum absolute atomic E-state index is 0. The summed E-state index contributed by atoms with van der Waals surface area (Å²) in [5.74, 6) is 0. The molecule has 0 aromatic heterocycles. The van der Waals surface area contributed by atoms with Gasteiger partial charge in [0.1, 0.15) is 0 Å². The highest BCUT2D eigenvalue weighted by Crippen LogP contribution is 1.99. The van der Waals surface area contributed by atoms with Crippen LogP contribution in [0.5, 0.6) is 0 Å². The smallest absolute Gasteiger partial charge is 0.0244 e. The maximum Gasteiger partial charge on any atom is 0.0244 e. The summed E-state index contributed by atoms with van der Waals surface area (Å²) in [5.41, 5.74) is 0. The Morgan fingerprint density at radius 1 is 1.30 bits per heavy atom. The molecule has 0 saturated heterocycles. The minimum atomic E-state index is 0. The molecule has 0 radical (unpaired) electrons. The largest absolute Gasteiger partial charge is 0.303 e. The highest BCUT2D eigenvalue weighted by atomic mass is 79.9. The zero-order valence-corrected chi connectivity index (χ0v) is 10.2. The third kappa shape index (κ3) is 7.03. The average Bonchev–Trinajstić information content (AvgIpc) is 1.82. The van der Waals surface area contributed by atoms with E-state index in [4.69, 9.17) is 0 Å². The number of hydrogen-bond acceptors (Lipinski definition) is 1. The second-order valence-corrected chi connectivity index (χ2v) is 3.83. The number of rotatable bonds is 4. The first-order valence-corrected chi connectivity index (χ1v) is 4.48. The van der Waals surface area contributed by atoms with Crippen LogP contribution in [0, 0.1) is 0 Å². The van der Waals surface area contributed by atoms with Crippen LogP contribution in [-0.4, -0.2) is 29.4 Å². The van der Waals surface area contributed by atoms with Crippen LogP contribution in [0.2, 0.25) is 0 Å². The first-order chi connectivity index (χ1) is 4.20. The van der Waals surface area contributed by atoms with Gasteiger partial charge in [-0.1, -0.05) is 36.7 Å². The van der Waals surface area contributed by atoms with Crippen molar-refractivity contribution in [2.24, 2.45) is 0 Å². The van der Waals surface area contributed by atoms with E-state index in [9.17, 15) is 0 Å². The zero-order chi connectivity index (χ0) is 7.28. The quantitative estimate of drug-likeness (QED) is 0.713. The van der Waals surface area contributed by atoms with E-state index in [1.165, 1.54) is 0 Å². The minimum Gasteiger partial charge on any atom is -0.303 e. The molecule has 0 aliphatic heterocycles. The summed E-state index contributed by atoms with van der Waals surface area (Å²) in [6.45, 7) is 10.0. The summed E-state index contributed by atoms with van der Waals surface area (Å²) in [6.07, 6.45) is 0. The monoisotopic (exact) mass is 273 g/mol.